The average Bonchev–Trinajstić information content (AvgIpc) is 3.60. The van der Waals surface area contributed by atoms with E-state index in [1.807, 2.05) is 73.7 Å². The Morgan fingerprint density at radius 3 is 2.67 bits per heavy atom. The molecule has 4 aromatic rings. The third kappa shape index (κ3) is 6.24. The van der Waals surface area contributed by atoms with E-state index in [0.717, 1.165) is 22.5 Å². The van der Waals surface area contributed by atoms with Gasteiger partial charge in [0.2, 0.25) is 5.91 Å². The fourth-order valence-corrected chi connectivity index (χ4v) is 6.13. The van der Waals surface area contributed by atoms with Crippen molar-refractivity contribution in [3.05, 3.63) is 119 Å². The van der Waals surface area contributed by atoms with Gasteiger partial charge in [-0.05, 0) is 47.9 Å². The van der Waals surface area contributed by atoms with Gasteiger partial charge in [0.1, 0.15) is 0 Å². The van der Waals surface area contributed by atoms with Crippen molar-refractivity contribution in [3.8, 4) is 0 Å². The summed E-state index contributed by atoms with van der Waals surface area (Å²) in [5.74, 6) is -1.11. The second-order valence-electron chi connectivity index (χ2n) is 11.6. The number of hydrogen-bond donors (Lipinski definition) is 2. The predicted molar refractivity (Wildman–Crippen MR) is 176 cm³/mol. The summed E-state index contributed by atoms with van der Waals surface area (Å²) in [6.45, 7) is 2.57. The number of hydrogen-bond acceptors (Lipinski definition) is 7. The molecule has 3 aromatic carbocycles. The van der Waals surface area contributed by atoms with E-state index in [0.29, 0.717) is 54.2 Å². The molecule has 0 bridgehead atoms. The van der Waals surface area contributed by atoms with Gasteiger partial charge >= 0.3 is 0 Å². The molecule has 2 N–H and O–H groups in total. The monoisotopic (exact) mass is 638 g/mol. The summed E-state index contributed by atoms with van der Waals surface area (Å²) < 4.78 is 1.70. The second kappa shape index (κ2) is 13.4. The first-order chi connectivity index (χ1) is 22.3. The van der Waals surface area contributed by atoms with E-state index < -0.39 is 17.4 Å². The summed E-state index contributed by atoms with van der Waals surface area (Å²) in [5, 5.41) is 35.8. The van der Waals surface area contributed by atoms with Crippen molar-refractivity contribution in [2.24, 2.45) is 11.0 Å². The maximum atomic E-state index is 14.1. The Labute approximate surface area is 272 Å². The average molecular weight is 639 g/mol. The van der Waals surface area contributed by atoms with E-state index >= 15 is 0 Å². The molecule has 0 unspecified atom stereocenters. The Morgan fingerprint density at radius 2 is 1.87 bits per heavy atom. The van der Waals surface area contributed by atoms with Crippen molar-refractivity contribution in [1.82, 2.24) is 15.0 Å². The normalized spacial score (nSPS) is 18.7. The smallest absolute Gasteiger partial charge is 0.264 e. The Balaban J connectivity index is 1.22. The number of fused-ring (bicyclic) bond motifs is 1. The number of aliphatic hydroxyl groups is 2. The van der Waals surface area contributed by atoms with Gasteiger partial charge in [0.25, 0.3) is 5.91 Å². The molecule has 2 amide bonds. The first-order valence-electron chi connectivity index (χ1n) is 15.3. The second-order valence-corrected chi connectivity index (χ2v) is 12.0. The number of aryl methyl sites for hydroxylation is 1. The number of anilines is 2. The van der Waals surface area contributed by atoms with Gasteiger partial charge in [-0.25, -0.2) is 5.01 Å². The van der Waals surface area contributed by atoms with Crippen LogP contribution >= 0.6 is 11.6 Å². The van der Waals surface area contributed by atoms with Crippen molar-refractivity contribution in [1.29, 1.82) is 0 Å². The van der Waals surface area contributed by atoms with Gasteiger partial charge in [0.15, 0.2) is 5.60 Å². The topological polar surface area (TPSA) is 124 Å². The summed E-state index contributed by atoms with van der Waals surface area (Å²) in [6.07, 6.45) is 7.52. The van der Waals surface area contributed by atoms with Crippen LogP contribution in [0, 0.1) is 5.92 Å². The Kier molecular flexibility index (Phi) is 9.12. The van der Waals surface area contributed by atoms with E-state index in [1.54, 1.807) is 34.0 Å². The maximum absolute atomic E-state index is 14.1. The van der Waals surface area contributed by atoms with Gasteiger partial charge in [0.05, 0.1) is 29.3 Å². The van der Waals surface area contributed by atoms with E-state index in [2.05, 4.69) is 15.4 Å². The van der Waals surface area contributed by atoms with Gasteiger partial charge < -0.3 is 15.1 Å². The summed E-state index contributed by atoms with van der Waals surface area (Å²) in [5.41, 5.74) is 3.13. The van der Waals surface area contributed by atoms with Crippen molar-refractivity contribution < 1.29 is 19.8 Å². The molecule has 6 rings (SSSR count). The number of nitrogens with zero attached hydrogens (tertiary/aromatic N) is 6. The lowest BCUT2D eigenvalue weighted by Crippen LogP contribution is -2.44. The number of carbonyl (C=O) groups is 2. The van der Waals surface area contributed by atoms with E-state index in [-0.39, 0.29) is 19.1 Å². The minimum Gasteiger partial charge on any atom is -0.396 e. The third-order valence-corrected chi connectivity index (χ3v) is 8.66. The number of hydrazone groups is 1. The number of aliphatic hydroxyl groups excluding tert-OH is 1. The predicted octanol–water partition coefficient (Wildman–Crippen LogP) is 5.01. The SMILES string of the molecule is C[C@H](/C=C/CCn1cc(CCO)nn1)[C@@]1(O)C(=O)N(Cc2cccc(N3N=C(c4ccccc4)CCC3=O)c2)c2ccc(Cl)cc21. The third-order valence-electron chi connectivity index (χ3n) is 8.43. The van der Waals surface area contributed by atoms with Crippen LogP contribution in [0.3, 0.4) is 0 Å². The number of benzene rings is 3. The molecule has 2 aliphatic rings. The molecule has 0 saturated heterocycles. The lowest BCUT2D eigenvalue weighted by atomic mass is 9.83. The largest absolute Gasteiger partial charge is 0.396 e. The number of rotatable bonds is 11. The molecule has 3 heterocycles. The number of allylic oxidation sites excluding steroid dienone is 1. The van der Waals surface area contributed by atoms with Gasteiger partial charge in [-0.3, -0.25) is 14.3 Å². The lowest BCUT2D eigenvalue weighted by molar-refractivity contribution is -0.139. The van der Waals surface area contributed by atoms with E-state index in [1.165, 1.54) is 5.01 Å². The van der Waals surface area contributed by atoms with Gasteiger partial charge in [-0.2, -0.15) is 5.10 Å². The molecule has 0 radical (unpaired) electrons. The first kappa shape index (κ1) is 31.3. The van der Waals surface area contributed by atoms with Crippen molar-refractivity contribution >= 4 is 40.5 Å². The van der Waals surface area contributed by atoms with Crippen LogP contribution in [0.4, 0.5) is 11.4 Å². The van der Waals surface area contributed by atoms with Crippen molar-refractivity contribution in [3.63, 3.8) is 0 Å². The summed E-state index contributed by atoms with van der Waals surface area (Å²) in [7, 11) is 0. The molecule has 0 aliphatic carbocycles. The zero-order chi connectivity index (χ0) is 32.3. The molecule has 10 nitrogen and oxygen atoms in total. The van der Waals surface area contributed by atoms with Crippen LogP contribution < -0.4 is 9.91 Å². The zero-order valence-electron chi connectivity index (χ0n) is 25.5. The fraction of sp³-hybridized carbons (Fsp3) is 0.286. The highest BCUT2D eigenvalue weighted by Crippen LogP contribution is 2.47. The van der Waals surface area contributed by atoms with Gasteiger partial charge in [-0.15, -0.1) is 5.10 Å². The van der Waals surface area contributed by atoms with Crippen molar-refractivity contribution in [2.45, 2.75) is 51.3 Å². The molecule has 0 spiro atoms. The van der Waals surface area contributed by atoms with E-state index in [4.69, 9.17) is 16.7 Å². The molecule has 0 fully saturated rings. The van der Waals surface area contributed by atoms with Gasteiger partial charge in [0, 0.05) is 55.1 Å². The minimum absolute atomic E-state index is 0.0128. The summed E-state index contributed by atoms with van der Waals surface area (Å²) >= 11 is 6.37. The minimum atomic E-state index is -1.83. The quantitative estimate of drug-likeness (QED) is 0.223. The van der Waals surface area contributed by atoms with Crippen LogP contribution in [0.25, 0.3) is 0 Å². The lowest BCUT2D eigenvalue weighted by Gasteiger charge is -2.28. The zero-order valence-corrected chi connectivity index (χ0v) is 26.2. The highest BCUT2D eigenvalue weighted by molar-refractivity contribution is 6.31. The molecular weight excluding hydrogens is 604 g/mol. The number of aromatic nitrogens is 3. The fourth-order valence-electron chi connectivity index (χ4n) is 5.96. The van der Waals surface area contributed by atoms with E-state index in [9.17, 15) is 14.7 Å². The molecule has 1 aromatic heterocycles. The summed E-state index contributed by atoms with van der Waals surface area (Å²) in [6, 6.07) is 22.3. The highest BCUT2D eigenvalue weighted by Gasteiger charge is 2.52. The van der Waals surface area contributed by atoms with Crippen LogP contribution in [0.15, 0.2) is 96.2 Å². The Bertz CT molecular complexity index is 1810. The molecule has 0 saturated carbocycles. The molecule has 11 heteroatoms. The molecular formula is C35H35ClN6O4. The van der Waals surface area contributed by atoms with Crippen LogP contribution in [0.5, 0.6) is 0 Å². The van der Waals surface area contributed by atoms with Crippen LogP contribution in [0.1, 0.15) is 48.6 Å². The maximum Gasteiger partial charge on any atom is 0.264 e. The standard InChI is InChI=1S/C35H35ClN6O4/c1-24(8-5-6-18-40-23-28(17-19-43)37-39-40)35(46)30-21-27(36)13-15-32(30)41(34(35)45)22-25-9-7-12-29(20-25)42-33(44)16-14-31(38-42)26-10-3-2-4-11-26/h2-5,7-13,15,20-21,23-24,43,46H,6,14,16-19,22H2,1H3/b8-5+/t24-,35+/m1/s1. The molecule has 2 aliphatic heterocycles. The summed E-state index contributed by atoms with van der Waals surface area (Å²) in [4.78, 5) is 28.6. The number of amides is 2. The Morgan fingerprint density at radius 1 is 1.04 bits per heavy atom. The Hall–Kier alpha value is -4.64. The highest BCUT2D eigenvalue weighted by atomic mass is 35.5. The number of halogens is 1. The van der Waals surface area contributed by atoms with Crippen LogP contribution in [0.2, 0.25) is 5.02 Å². The van der Waals surface area contributed by atoms with Crippen LogP contribution in [-0.2, 0) is 34.7 Å². The number of carbonyl (C=O) groups excluding carboxylic acids is 2. The van der Waals surface area contributed by atoms with Gasteiger partial charge in [-0.1, -0.05) is 78.4 Å². The molecule has 236 valence electrons. The molecule has 46 heavy (non-hydrogen) atoms. The first-order valence-corrected chi connectivity index (χ1v) is 15.7. The van der Waals surface area contributed by atoms with Crippen LogP contribution in [-0.4, -0.2) is 49.3 Å². The molecule has 2 atom stereocenters. The van der Waals surface area contributed by atoms with Crippen molar-refractivity contribution in [2.75, 3.05) is 16.5 Å².